The van der Waals surface area contributed by atoms with Crippen molar-refractivity contribution in [3.63, 3.8) is 0 Å². The number of hydrogen-bond donors (Lipinski definition) is 1. The van der Waals surface area contributed by atoms with Crippen molar-refractivity contribution in [2.75, 3.05) is 24.7 Å². The Hall–Kier alpha value is -1.48. The molecule has 2 aliphatic heterocycles. The van der Waals surface area contributed by atoms with Gasteiger partial charge in [0.2, 0.25) is 5.91 Å². The van der Waals surface area contributed by atoms with Crippen LogP contribution in [-0.4, -0.2) is 67.8 Å². The number of ether oxygens (including phenoxy) is 1. The molecule has 0 aliphatic carbocycles. The predicted octanol–water partition coefficient (Wildman–Crippen LogP) is 0.0832. The van der Waals surface area contributed by atoms with Gasteiger partial charge in [-0.3, -0.25) is 9.59 Å². The van der Waals surface area contributed by atoms with Crippen molar-refractivity contribution in [1.29, 1.82) is 0 Å². The van der Waals surface area contributed by atoms with E-state index in [-0.39, 0.29) is 48.0 Å². The van der Waals surface area contributed by atoms with Crippen LogP contribution in [0.2, 0.25) is 0 Å². The fourth-order valence-corrected chi connectivity index (χ4v) is 4.38. The van der Waals surface area contributed by atoms with Gasteiger partial charge in [0.15, 0.2) is 9.84 Å². The third kappa shape index (κ3) is 5.27. The number of sulfone groups is 1. The molecule has 0 aromatic rings. The van der Waals surface area contributed by atoms with Crippen LogP contribution in [-0.2, 0) is 24.2 Å². The van der Waals surface area contributed by atoms with E-state index in [4.69, 9.17) is 4.74 Å². The molecular weight excluding hydrogens is 334 g/mol. The molecule has 136 valence electrons. The lowest BCUT2D eigenvalue weighted by Gasteiger charge is -2.27. The normalized spacial score (nSPS) is 23.5. The summed E-state index contributed by atoms with van der Waals surface area (Å²) in [6.07, 6.45) is 1.69. The summed E-state index contributed by atoms with van der Waals surface area (Å²) in [5.41, 5.74) is 0.281. The molecule has 2 heterocycles. The van der Waals surface area contributed by atoms with Gasteiger partial charge in [-0.2, -0.15) is 5.10 Å². The number of nitrogens with zero attached hydrogens (tertiary/aromatic N) is 2. The van der Waals surface area contributed by atoms with Crippen molar-refractivity contribution in [1.82, 2.24) is 10.3 Å². The molecule has 1 atom stereocenters. The second kappa shape index (κ2) is 8.06. The number of carbonyl (C=O) groups is 2. The van der Waals surface area contributed by atoms with Crippen molar-refractivity contribution in [2.45, 2.75) is 51.7 Å². The van der Waals surface area contributed by atoms with E-state index in [1.165, 1.54) is 5.01 Å². The van der Waals surface area contributed by atoms with Gasteiger partial charge in [-0.1, -0.05) is 0 Å². The highest BCUT2D eigenvalue weighted by molar-refractivity contribution is 7.91. The molecule has 0 bridgehead atoms. The fourth-order valence-electron chi connectivity index (χ4n) is 2.68. The maximum atomic E-state index is 12.2. The molecule has 8 nitrogen and oxygen atoms in total. The molecule has 1 N–H and O–H groups in total. The van der Waals surface area contributed by atoms with Gasteiger partial charge in [0.25, 0.3) is 5.91 Å². The van der Waals surface area contributed by atoms with Crippen LogP contribution in [0.3, 0.4) is 0 Å². The smallest absolute Gasteiger partial charge is 0.267 e. The topological polar surface area (TPSA) is 105 Å². The highest BCUT2D eigenvalue weighted by Gasteiger charge is 2.37. The van der Waals surface area contributed by atoms with Crippen molar-refractivity contribution < 1.29 is 22.7 Å². The zero-order valence-electron chi connectivity index (χ0n) is 14.2. The Morgan fingerprint density at radius 1 is 1.42 bits per heavy atom. The molecule has 0 saturated carbocycles. The molecule has 0 spiro atoms. The maximum absolute atomic E-state index is 12.2. The summed E-state index contributed by atoms with van der Waals surface area (Å²) in [5.74, 6) is -0.547. The highest BCUT2D eigenvalue weighted by Crippen LogP contribution is 2.22. The molecule has 1 saturated heterocycles. The van der Waals surface area contributed by atoms with E-state index < -0.39 is 15.9 Å². The van der Waals surface area contributed by atoms with Crippen LogP contribution in [0.25, 0.3) is 0 Å². The third-order valence-corrected chi connectivity index (χ3v) is 5.68. The highest BCUT2D eigenvalue weighted by atomic mass is 32.2. The van der Waals surface area contributed by atoms with Gasteiger partial charge in [-0.25, -0.2) is 13.4 Å². The molecule has 9 heteroatoms. The molecular formula is C15H25N3O5S. The summed E-state index contributed by atoms with van der Waals surface area (Å²) in [7, 11) is -3.11. The van der Waals surface area contributed by atoms with Crippen LogP contribution in [0.5, 0.6) is 0 Å². The Morgan fingerprint density at radius 3 is 2.79 bits per heavy atom. The first kappa shape index (κ1) is 18.9. The molecule has 0 aromatic heterocycles. The van der Waals surface area contributed by atoms with Gasteiger partial charge >= 0.3 is 0 Å². The van der Waals surface area contributed by atoms with Crippen LogP contribution in [0.4, 0.5) is 0 Å². The Labute approximate surface area is 142 Å². The minimum atomic E-state index is -3.11. The second-order valence-electron chi connectivity index (χ2n) is 6.37. The lowest BCUT2D eigenvalue weighted by Crippen LogP contribution is -2.44. The number of hydrazone groups is 1. The lowest BCUT2D eigenvalue weighted by atomic mass is 10.1. The van der Waals surface area contributed by atoms with Gasteiger partial charge in [-0.05, 0) is 26.7 Å². The van der Waals surface area contributed by atoms with Crippen LogP contribution in [0.1, 0.15) is 39.5 Å². The Kier molecular flexibility index (Phi) is 6.34. The van der Waals surface area contributed by atoms with E-state index in [9.17, 15) is 18.0 Å². The van der Waals surface area contributed by atoms with Gasteiger partial charge in [0.1, 0.15) is 5.71 Å². The quantitative estimate of drug-likeness (QED) is 0.648. The van der Waals surface area contributed by atoms with Gasteiger partial charge in [-0.15, -0.1) is 0 Å². The molecule has 0 radical (unpaired) electrons. The summed E-state index contributed by atoms with van der Waals surface area (Å²) in [6, 6.07) is -0.454. The first-order valence-corrected chi connectivity index (χ1v) is 10.1. The maximum Gasteiger partial charge on any atom is 0.267 e. The van der Waals surface area contributed by atoms with Crippen molar-refractivity contribution in [2.24, 2.45) is 5.10 Å². The Morgan fingerprint density at radius 2 is 2.17 bits per heavy atom. The Bertz CT molecular complexity index is 615. The summed E-state index contributed by atoms with van der Waals surface area (Å²) in [4.78, 5) is 24.1. The molecule has 24 heavy (non-hydrogen) atoms. The first-order chi connectivity index (χ1) is 11.3. The summed E-state index contributed by atoms with van der Waals surface area (Å²) in [6.45, 7) is 4.93. The van der Waals surface area contributed by atoms with E-state index in [2.05, 4.69) is 10.4 Å². The van der Waals surface area contributed by atoms with E-state index >= 15 is 0 Å². The number of carbonyl (C=O) groups excluding carboxylic acids is 2. The number of nitrogens with one attached hydrogen (secondary N) is 1. The number of hydrogen-bond acceptors (Lipinski definition) is 6. The molecule has 2 aliphatic rings. The van der Waals surface area contributed by atoms with Crippen LogP contribution < -0.4 is 5.32 Å². The van der Waals surface area contributed by atoms with Crippen LogP contribution in [0, 0.1) is 0 Å². The molecule has 2 amide bonds. The number of amides is 2. The largest absolute Gasteiger partial charge is 0.379 e. The van der Waals surface area contributed by atoms with E-state index in [0.717, 1.165) is 0 Å². The van der Waals surface area contributed by atoms with Gasteiger partial charge in [0, 0.05) is 26.0 Å². The Balaban J connectivity index is 1.88. The summed E-state index contributed by atoms with van der Waals surface area (Å²) < 4.78 is 28.6. The summed E-state index contributed by atoms with van der Waals surface area (Å²) >= 11 is 0. The number of rotatable bonds is 7. The van der Waals surface area contributed by atoms with E-state index in [0.29, 0.717) is 26.0 Å². The van der Waals surface area contributed by atoms with E-state index in [1.54, 1.807) is 0 Å². The second-order valence-corrected chi connectivity index (χ2v) is 8.60. The van der Waals surface area contributed by atoms with E-state index in [1.807, 2.05) is 13.8 Å². The van der Waals surface area contributed by atoms with Crippen molar-refractivity contribution >= 4 is 27.4 Å². The molecule has 1 fully saturated rings. The van der Waals surface area contributed by atoms with Gasteiger partial charge in [0.05, 0.1) is 23.7 Å². The van der Waals surface area contributed by atoms with Crippen molar-refractivity contribution in [3.05, 3.63) is 0 Å². The molecule has 1 unspecified atom stereocenters. The zero-order valence-corrected chi connectivity index (χ0v) is 15.0. The first-order valence-electron chi connectivity index (χ1n) is 8.28. The fraction of sp³-hybridized carbons (Fsp3) is 0.800. The molecule has 0 aromatic carbocycles. The average molecular weight is 359 g/mol. The van der Waals surface area contributed by atoms with Gasteiger partial charge < -0.3 is 10.1 Å². The van der Waals surface area contributed by atoms with Crippen LogP contribution >= 0.6 is 0 Å². The summed E-state index contributed by atoms with van der Waals surface area (Å²) in [5, 5.41) is 8.09. The minimum absolute atomic E-state index is 0.0638. The monoisotopic (exact) mass is 359 g/mol. The standard InChI is InChI=1S/C15H25N3O5S/c1-11(2)23-8-3-7-16-15(20)13-4-5-14(19)18(17-13)12-6-9-24(21,22)10-12/h11-12H,3-10H2,1-2H3,(H,16,20). The van der Waals surface area contributed by atoms with Crippen LogP contribution in [0.15, 0.2) is 5.10 Å². The SMILES string of the molecule is CC(C)OCCCNC(=O)C1=NN(C2CCS(=O)(=O)C2)C(=O)CC1. The lowest BCUT2D eigenvalue weighted by molar-refractivity contribution is -0.133. The average Bonchev–Trinajstić information content (AvgIpc) is 2.86. The zero-order chi connectivity index (χ0) is 17.7. The third-order valence-electron chi connectivity index (χ3n) is 3.93. The van der Waals surface area contributed by atoms with Crippen molar-refractivity contribution in [3.8, 4) is 0 Å². The molecule has 2 rings (SSSR count). The minimum Gasteiger partial charge on any atom is -0.379 e. The predicted molar refractivity (Wildman–Crippen MR) is 89.3 cm³/mol.